The van der Waals surface area contributed by atoms with Crippen molar-refractivity contribution in [3.8, 4) is 5.75 Å². The molecule has 1 heterocycles. The van der Waals surface area contributed by atoms with Crippen LogP contribution in [-0.2, 0) is 42.9 Å². The molecular formula is C39H59FO6. The molecule has 1 unspecified atom stereocenters. The van der Waals surface area contributed by atoms with Gasteiger partial charge in [0.2, 0.25) is 0 Å². The second-order valence-corrected chi connectivity index (χ2v) is 12.9. The Morgan fingerprint density at radius 2 is 1.33 bits per heavy atom. The van der Waals surface area contributed by atoms with Crippen LogP contribution in [0.15, 0.2) is 30.3 Å². The summed E-state index contributed by atoms with van der Waals surface area (Å²) in [6, 6.07) is 9.95. The van der Waals surface area contributed by atoms with Crippen LogP contribution in [0.5, 0.6) is 5.75 Å². The van der Waals surface area contributed by atoms with E-state index in [9.17, 15) is 0 Å². The Kier molecular flexibility index (Phi) is 15.8. The van der Waals surface area contributed by atoms with Crippen LogP contribution in [0.4, 0.5) is 4.39 Å². The molecule has 0 saturated carbocycles. The van der Waals surface area contributed by atoms with Crippen LogP contribution in [-0.4, -0.2) is 64.6 Å². The van der Waals surface area contributed by atoms with Gasteiger partial charge >= 0.3 is 0 Å². The molecule has 5 atom stereocenters. The molecule has 0 radical (unpaired) electrons. The fourth-order valence-electron chi connectivity index (χ4n) is 6.59. The van der Waals surface area contributed by atoms with Gasteiger partial charge in [0.15, 0.2) is 0 Å². The molecule has 0 bridgehead atoms. The lowest BCUT2D eigenvalue weighted by Crippen LogP contribution is -2.58. The lowest BCUT2D eigenvalue weighted by molar-refractivity contribution is -0.268. The number of hydrogen-bond acceptors (Lipinski definition) is 6. The number of ether oxygens (including phenoxy) is 6. The van der Waals surface area contributed by atoms with Crippen molar-refractivity contribution in [2.75, 3.05) is 40.1 Å². The van der Waals surface area contributed by atoms with E-state index >= 15 is 4.39 Å². The lowest BCUT2D eigenvalue weighted by atomic mass is 9.85. The number of rotatable bonds is 21. The van der Waals surface area contributed by atoms with Crippen LogP contribution in [0.1, 0.15) is 119 Å². The fraction of sp³-hybridized carbons (Fsp3) is 0.692. The second-order valence-electron chi connectivity index (χ2n) is 12.9. The zero-order valence-electron chi connectivity index (χ0n) is 29.1. The number of hydrogen-bond donors (Lipinski definition) is 0. The molecule has 2 aromatic rings. The number of halogens is 1. The summed E-state index contributed by atoms with van der Waals surface area (Å²) in [4.78, 5) is 0. The van der Waals surface area contributed by atoms with E-state index in [1.54, 1.807) is 7.11 Å². The van der Waals surface area contributed by atoms with Crippen LogP contribution in [0.3, 0.4) is 0 Å². The van der Waals surface area contributed by atoms with Gasteiger partial charge < -0.3 is 28.4 Å². The standard InChI is InChI=1S/C39H59FO6/c1-6-10-21-42-27-34-37(43-22-11-7-2)39(45-24-13-9-4)38(44-23-12-8-3)36(46-34)33-26-29(35(40)32-16-14-15-31(32)33)25-28-17-19-30(41-5)20-18-28/h17-20,26,34,36-39H,6-16,21-25,27H2,1-5H3/t34-,36?,37-,38+,39+/m1/s1. The van der Waals surface area contributed by atoms with Gasteiger partial charge in [-0.15, -0.1) is 0 Å². The Morgan fingerprint density at radius 1 is 0.739 bits per heavy atom. The van der Waals surface area contributed by atoms with Crippen molar-refractivity contribution in [3.63, 3.8) is 0 Å². The third-order valence-electron chi connectivity index (χ3n) is 9.29. The Bertz CT molecular complexity index is 1150. The zero-order valence-corrected chi connectivity index (χ0v) is 29.1. The van der Waals surface area contributed by atoms with Crippen molar-refractivity contribution in [1.29, 1.82) is 0 Å². The third-order valence-corrected chi connectivity index (χ3v) is 9.29. The molecule has 6 nitrogen and oxygen atoms in total. The molecule has 2 aliphatic rings. The van der Waals surface area contributed by atoms with Gasteiger partial charge in [0, 0.05) is 32.8 Å². The molecule has 1 fully saturated rings. The smallest absolute Gasteiger partial charge is 0.130 e. The van der Waals surface area contributed by atoms with Crippen molar-refractivity contribution < 1.29 is 32.8 Å². The van der Waals surface area contributed by atoms with Gasteiger partial charge in [-0.25, -0.2) is 4.39 Å². The third kappa shape index (κ3) is 9.76. The summed E-state index contributed by atoms with van der Waals surface area (Å²) in [5.41, 5.74) is 4.67. The highest BCUT2D eigenvalue weighted by molar-refractivity contribution is 5.47. The monoisotopic (exact) mass is 642 g/mol. The minimum absolute atomic E-state index is 0.0812. The molecule has 0 aromatic heterocycles. The summed E-state index contributed by atoms with van der Waals surface area (Å²) < 4.78 is 54.9. The number of fused-ring (bicyclic) bond motifs is 1. The molecule has 0 N–H and O–H groups in total. The number of unbranched alkanes of at least 4 members (excludes halogenated alkanes) is 4. The minimum atomic E-state index is -0.420. The highest BCUT2D eigenvalue weighted by Gasteiger charge is 2.49. The molecule has 0 amide bonds. The molecule has 1 aliphatic carbocycles. The summed E-state index contributed by atoms with van der Waals surface area (Å²) in [7, 11) is 1.66. The van der Waals surface area contributed by atoms with Crippen LogP contribution in [0.2, 0.25) is 0 Å². The van der Waals surface area contributed by atoms with Crippen molar-refractivity contribution in [2.45, 2.75) is 135 Å². The van der Waals surface area contributed by atoms with Crippen molar-refractivity contribution in [1.82, 2.24) is 0 Å². The van der Waals surface area contributed by atoms with E-state index in [0.29, 0.717) is 45.0 Å². The number of methoxy groups -OCH3 is 1. The normalized spacial score (nSPS) is 22.7. The van der Waals surface area contributed by atoms with E-state index in [1.165, 1.54) is 0 Å². The van der Waals surface area contributed by atoms with Crippen LogP contribution in [0.25, 0.3) is 0 Å². The van der Waals surface area contributed by atoms with Gasteiger partial charge in [0.1, 0.15) is 42.1 Å². The first-order valence-electron chi connectivity index (χ1n) is 18.1. The van der Waals surface area contributed by atoms with Gasteiger partial charge in [0.25, 0.3) is 0 Å². The topological polar surface area (TPSA) is 55.4 Å². The summed E-state index contributed by atoms with van der Waals surface area (Å²) in [6.07, 6.45) is 9.27. The molecule has 4 rings (SSSR count). The largest absolute Gasteiger partial charge is 0.497 e. The molecule has 258 valence electrons. The number of benzene rings is 2. The molecule has 2 aromatic carbocycles. The zero-order chi connectivity index (χ0) is 32.7. The minimum Gasteiger partial charge on any atom is -0.497 e. The summed E-state index contributed by atoms with van der Waals surface area (Å²) in [6.45, 7) is 11.7. The molecule has 1 aliphatic heterocycles. The van der Waals surface area contributed by atoms with E-state index in [4.69, 9.17) is 28.4 Å². The average Bonchev–Trinajstić information content (AvgIpc) is 3.57. The van der Waals surface area contributed by atoms with E-state index < -0.39 is 6.10 Å². The average molecular weight is 643 g/mol. The second kappa shape index (κ2) is 19.7. The van der Waals surface area contributed by atoms with Crippen molar-refractivity contribution in [3.05, 3.63) is 64.0 Å². The molecule has 46 heavy (non-hydrogen) atoms. The Labute approximate surface area is 277 Å². The summed E-state index contributed by atoms with van der Waals surface area (Å²) in [5, 5.41) is 0. The Balaban J connectivity index is 1.76. The van der Waals surface area contributed by atoms with E-state index in [2.05, 4.69) is 33.8 Å². The maximum Gasteiger partial charge on any atom is 0.130 e. The van der Waals surface area contributed by atoms with Gasteiger partial charge in [0.05, 0.1) is 13.7 Å². The highest BCUT2D eigenvalue weighted by atomic mass is 19.1. The molecule has 7 heteroatoms. The quantitative estimate of drug-likeness (QED) is 0.127. The fourth-order valence-corrected chi connectivity index (χ4v) is 6.59. The molecule has 1 saturated heterocycles. The predicted octanol–water partition coefficient (Wildman–Crippen LogP) is 8.73. The predicted molar refractivity (Wildman–Crippen MR) is 182 cm³/mol. The highest BCUT2D eigenvalue weighted by Crippen LogP contribution is 2.43. The maximum absolute atomic E-state index is 16.2. The van der Waals surface area contributed by atoms with Crippen molar-refractivity contribution in [2.24, 2.45) is 0 Å². The van der Waals surface area contributed by atoms with Gasteiger partial charge in [-0.2, -0.15) is 0 Å². The first-order chi connectivity index (χ1) is 22.6. The van der Waals surface area contributed by atoms with E-state index in [1.807, 2.05) is 24.3 Å². The molecule has 0 spiro atoms. The summed E-state index contributed by atoms with van der Waals surface area (Å²) >= 11 is 0. The Morgan fingerprint density at radius 3 is 1.96 bits per heavy atom. The van der Waals surface area contributed by atoms with Gasteiger partial charge in [-0.05, 0) is 91.0 Å². The van der Waals surface area contributed by atoms with Gasteiger partial charge in [-0.1, -0.05) is 65.5 Å². The Hall–Kier alpha value is -2.03. The van der Waals surface area contributed by atoms with Crippen LogP contribution in [0, 0.1) is 5.82 Å². The molecular weight excluding hydrogens is 583 g/mol. The lowest BCUT2D eigenvalue weighted by Gasteiger charge is -2.47. The van der Waals surface area contributed by atoms with Crippen LogP contribution >= 0.6 is 0 Å². The van der Waals surface area contributed by atoms with Gasteiger partial charge in [-0.3, -0.25) is 0 Å². The van der Waals surface area contributed by atoms with E-state index in [-0.39, 0.29) is 30.2 Å². The van der Waals surface area contributed by atoms with Crippen LogP contribution < -0.4 is 4.74 Å². The maximum atomic E-state index is 16.2. The van der Waals surface area contributed by atoms with Crippen molar-refractivity contribution >= 4 is 0 Å². The first-order valence-corrected chi connectivity index (χ1v) is 18.1. The first kappa shape index (κ1) is 36.8. The SMILES string of the molecule is CCCCOC[C@H]1OC(c2cc(Cc3ccc(OC)cc3)c(F)c3c2CCC3)[C@H](OCCCC)[C@@H](OCCCC)[C@@H]1OCCCC. The summed E-state index contributed by atoms with van der Waals surface area (Å²) in [5.74, 6) is 0.709. The van der Waals surface area contributed by atoms with E-state index in [0.717, 1.165) is 98.6 Å².